The molecule has 25 heavy (non-hydrogen) atoms. The van der Waals surface area contributed by atoms with Crippen LogP contribution in [0.3, 0.4) is 0 Å². The molecular formula is C18H15BrF2N2O2. The second kappa shape index (κ2) is 5.78. The minimum absolute atomic E-state index is 0.121. The lowest BCUT2D eigenvalue weighted by atomic mass is 9.93. The van der Waals surface area contributed by atoms with Gasteiger partial charge in [-0.3, -0.25) is 0 Å². The van der Waals surface area contributed by atoms with E-state index in [1.165, 1.54) is 6.07 Å². The summed E-state index contributed by atoms with van der Waals surface area (Å²) in [5.74, 6) is -0.180. The van der Waals surface area contributed by atoms with Gasteiger partial charge in [-0.1, -0.05) is 18.2 Å². The smallest absolute Gasteiger partial charge is 0.387 e. The van der Waals surface area contributed by atoms with E-state index in [0.29, 0.717) is 23.3 Å². The summed E-state index contributed by atoms with van der Waals surface area (Å²) < 4.78 is 33.0. The van der Waals surface area contributed by atoms with Crippen LogP contribution in [0, 0.1) is 0 Å². The normalized spacial score (nSPS) is 22.6. The van der Waals surface area contributed by atoms with Crippen molar-refractivity contribution in [2.75, 3.05) is 0 Å². The van der Waals surface area contributed by atoms with Crippen molar-refractivity contribution in [3.05, 3.63) is 64.0 Å². The molecule has 0 radical (unpaired) electrons. The van der Waals surface area contributed by atoms with Crippen LogP contribution in [0.4, 0.5) is 8.78 Å². The fourth-order valence-electron chi connectivity index (χ4n) is 3.59. The van der Waals surface area contributed by atoms with E-state index in [2.05, 4.69) is 20.9 Å². The number of benzene rings is 1. The average Bonchev–Trinajstić information content (AvgIpc) is 3.03. The van der Waals surface area contributed by atoms with Crippen molar-refractivity contribution >= 4 is 21.6 Å². The van der Waals surface area contributed by atoms with Crippen LogP contribution in [0.25, 0.3) is 5.65 Å². The van der Waals surface area contributed by atoms with E-state index in [0.717, 1.165) is 10.2 Å². The molecule has 1 N–H and O–H groups in total. The van der Waals surface area contributed by atoms with Gasteiger partial charge in [0.25, 0.3) is 0 Å². The number of para-hydroxylation sites is 1. The van der Waals surface area contributed by atoms with Crippen molar-refractivity contribution < 1.29 is 18.6 Å². The quantitative estimate of drug-likeness (QED) is 0.696. The highest BCUT2D eigenvalue weighted by molar-refractivity contribution is 9.10. The van der Waals surface area contributed by atoms with Gasteiger partial charge < -0.3 is 14.2 Å². The Morgan fingerprint density at radius 2 is 2.08 bits per heavy atom. The van der Waals surface area contributed by atoms with Crippen molar-refractivity contribution in [2.45, 2.75) is 31.5 Å². The van der Waals surface area contributed by atoms with E-state index < -0.39 is 12.2 Å². The Balaban J connectivity index is 1.93. The Bertz CT molecular complexity index is 955. The predicted octanol–water partition coefficient (Wildman–Crippen LogP) is 4.44. The summed E-state index contributed by atoms with van der Waals surface area (Å²) in [7, 11) is 0. The average molecular weight is 409 g/mol. The van der Waals surface area contributed by atoms with Gasteiger partial charge in [0.1, 0.15) is 17.0 Å². The van der Waals surface area contributed by atoms with E-state index in [9.17, 15) is 13.9 Å². The maximum atomic E-state index is 12.8. The number of aliphatic hydroxyl groups is 1. The highest BCUT2D eigenvalue weighted by Gasteiger charge is 2.44. The second-order valence-corrected chi connectivity index (χ2v) is 7.28. The SMILES string of the molecule is CC1(O)C[C@H](c2ccccc2OC(F)F)c2c1nc1ccc(Br)cn21. The van der Waals surface area contributed by atoms with Crippen LogP contribution in [0.1, 0.15) is 36.2 Å². The molecule has 0 saturated carbocycles. The van der Waals surface area contributed by atoms with E-state index in [-0.39, 0.29) is 11.7 Å². The van der Waals surface area contributed by atoms with E-state index in [1.807, 2.05) is 22.7 Å². The number of hydrogen-bond donors (Lipinski definition) is 1. The first-order valence-electron chi connectivity index (χ1n) is 7.81. The summed E-state index contributed by atoms with van der Waals surface area (Å²) in [5, 5.41) is 10.8. The monoisotopic (exact) mass is 408 g/mol. The number of alkyl halides is 2. The lowest BCUT2D eigenvalue weighted by Crippen LogP contribution is -2.18. The first-order valence-corrected chi connectivity index (χ1v) is 8.60. The summed E-state index contributed by atoms with van der Waals surface area (Å²) >= 11 is 3.44. The molecule has 2 atom stereocenters. The third-order valence-electron chi connectivity index (χ3n) is 4.57. The van der Waals surface area contributed by atoms with Crippen LogP contribution < -0.4 is 4.74 Å². The topological polar surface area (TPSA) is 46.8 Å². The molecule has 1 aliphatic carbocycles. The van der Waals surface area contributed by atoms with Crippen LogP contribution in [-0.2, 0) is 5.60 Å². The van der Waals surface area contributed by atoms with E-state index in [1.54, 1.807) is 25.1 Å². The second-order valence-electron chi connectivity index (χ2n) is 6.37. The molecule has 2 heterocycles. The third-order valence-corrected chi connectivity index (χ3v) is 5.04. The van der Waals surface area contributed by atoms with E-state index >= 15 is 0 Å². The van der Waals surface area contributed by atoms with Gasteiger partial charge in [0, 0.05) is 22.2 Å². The van der Waals surface area contributed by atoms with Crippen molar-refractivity contribution in [3.63, 3.8) is 0 Å². The summed E-state index contributed by atoms with van der Waals surface area (Å²) in [6.45, 7) is -1.21. The van der Waals surface area contributed by atoms with Crippen LogP contribution in [0.2, 0.25) is 0 Å². The molecule has 4 nitrogen and oxygen atoms in total. The number of rotatable bonds is 3. The molecule has 130 valence electrons. The van der Waals surface area contributed by atoms with Crippen molar-refractivity contribution in [2.24, 2.45) is 0 Å². The number of pyridine rings is 1. The molecule has 2 aromatic heterocycles. The van der Waals surface area contributed by atoms with Gasteiger partial charge >= 0.3 is 6.61 Å². The van der Waals surface area contributed by atoms with Crippen LogP contribution in [-0.4, -0.2) is 21.1 Å². The maximum absolute atomic E-state index is 12.8. The molecule has 3 aromatic rings. The zero-order chi connectivity index (χ0) is 17.8. The molecule has 1 unspecified atom stereocenters. The number of aromatic nitrogens is 2. The zero-order valence-corrected chi connectivity index (χ0v) is 14.9. The lowest BCUT2D eigenvalue weighted by molar-refractivity contribution is -0.0506. The molecule has 0 aliphatic heterocycles. The number of imidazole rings is 1. The number of nitrogens with zero attached hydrogens (tertiary/aromatic N) is 2. The first kappa shape index (κ1) is 16.5. The highest BCUT2D eigenvalue weighted by atomic mass is 79.9. The van der Waals surface area contributed by atoms with Gasteiger partial charge in [-0.25, -0.2) is 4.98 Å². The minimum Gasteiger partial charge on any atom is -0.435 e. The third kappa shape index (κ3) is 2.71. The van der Waals surface area contributed by atoms with Gasteiger partial charge in [-0.2, -0.15) is 8.78 Å². The summed E-state index contributed by atoms with van der Waals surface area (Å²) in [5.41, 5.74) is 1.54. The molecule has 1 aliphatic rings. The van der Waals surface area contributed by atoms with Crippen molar-refractivity contribution in [3.8, 4) is 5.75 Å². The Morgan fingerprint density at radius 1 is 1.32 bits per heavy atom. The molecule has 0 spiro atoms. The molecule has 4 rings (SSSR count). The fraction of sp³-hybridized carbons (Fsp3) is 0.278. The Labute approximate surface area is 151 Å². The largest absolute Gasteiger partial charge is 0.435 e. The zero-order valence-electron chi connectivity index (χ0n) is 13.3. The molecule has 0 saturated heterocycles. The number of halogens is 3. The number of ether oxygens (including phenoxy) is 1. The number of fused-ring (bicyclic) bond motifs is 3. The maximum Gasteiger partial charge on any atom is 0.387 e. The summed E-state index contributed by atoms with van der Waals surface area (Å²) in [6, 6.07) is 10.4. The molecule has 0 amide bonds. The highest BCUT2D eigenvalue weighted by Crippen LogP contribution is 2.49. The van der Waals surface area contributed by atoms with Gasteiger partial charge in [-0.05, 0) is 47.5 Å². The lowest BCUT2D eigenvalue weighted by Gasteiger charge is -2.20. The van der Waals surface area contributed by atoms with Gasteiger partial charge in [0.05, 0.1) is 11.4 Å². The predicted molar refractivity (Wildman–Crippen MR) is 92.0 cm³/mol. The molecule has 0 bridgehead atoms. The van der Waals surface area contributed by atoms with Crippen LogP contribution >= 0.6 is 15.9 Å². The van der Waals surface area contributed by atoms with Gasteiger partial charge in [0.2, 0.25) is 0 Å². The van der Waals surface area contributed by atoms with Crippen molar-refractivity contribution in [1.82, 2.24) is 9.38 Å². The standard InChI is InChI=1S/C18H15BrF2N2O2/c1-18(24)8-12(11-4-2-3-5-13(11)25-17(20)21)15-16(18)22-14-7-6-10(19)9-23(14)15/h2-7,9,12,17,24H,8H2,1H3/t12-,18?/m1/s1. The Hall–Kier alpha value is -1.99. The minimum atomic E-state index is -2.90. The van der Waals surface area contributed by atoms with Gasteiger partial charge in [0.15, 0.2) is 0 Å². The van der Waals surface area contributed by atoms with E-state index in [4.69, 9.17) is 4.74 Å². The fourth-order valence-corrected chi connectivity index (χ4v) is 3.92. The Kier molecular flexibility index (Phi) is 3.81. The molecule has 0 fully saturated rings. The summed E-state index contributed by atoms with van der Waals surface area (Å²) in [6.07, 6.45) is 2.22. The summed E-state index contributed by atoms with van der Waals surface area (Å²) in [4.78, 5) is 4.56. The first-order chi connectivity index (χ1) is 11.9. The van der Waals surface area contributed by atoms with Crippen LogP contribution in [0.5, 0.6) is 5.75 Å². The van der Waals surface area contributed by atoms with Crippen LogP contribution in [0.15, 0.2) is 47.1 Å². The van der Waals surface area contributed by atoms with Gasteiger partial charge in [-0.15, -0.1) is 0 Å². The molecular weight excluding hydrogens is 394 g/mol. The van der Waals surface area contributed by atoms with Crippen molar-refractivity contribution in [1.29, 1.82) is 0 Å². The molecule has 1 aromatic carbocycles. The molecule has 7 heteroatoms. The Morgan fingerprint density at radius 3 is 2.84 bits per heavy atom. The number of hydrogen-bond acceptors (Lipinski definition) is 3.